The molecule has 0 bridgehead atoms. The molecule has 0 aliphatic rings. The molecule has 0 atom stereocenters. The van der Waals surface area contributed by atoms with E-state index in [9.17, 15) is 13.0 Å². The van der Waals surface area contributed by atoms with Crippen LogP contribution in [0.2, 0.25) is 0 Å². The van der Waals surface area contributed by atoms with Crippen molar-refractivity contribution in [3.05, 3.63) is 41.0 Å². The first kappa shape index (κ1) is 40.2. The Kier molecular flexibility index (Phi) is 23.4. The zero-order chi connectivity index (χ0) is 29.8. The molecule has 0 heterocycles. The van der Waals surface area contributed by atoms with Crippen molar-refractivity contribution in [3.8, 4) is 0 Å². The van der Waals surface area contributed by atoms with Gasteiger partial charge in [0.1, 0.15) is 4.90 Å². The molecule has 3 nitrogen and oxygen atoms in total. The molecule has 0 radical (unpaired) electrons. The summed E-state index contributed by atoms with van der Waals surface area (Å²) in [4.78, 5) is 0.195. The van der Waals surface area contributed by atoms with Crippen molar-refractivity contribution in [2.24, 2.45) is 0 Å². The van der Waals surface area contributed by atoms with Gasteiger partial charge in [0.25, 0.3) is 10.1 Å². The molecule has 0 aromatic heterocycles. The van der Waals surface area contributed by atoms with Gasteiger partial charge in [-0.3, -0.25) is 4.55 Å². The monoisotopic (exact) mass is 726 g/mol. The zero-order valence-corrected chi connectivity index (χ0v) is 27.8. The van der Waals surface area contributed by atoms with E-state index in [1.807, 2.05) is 18.2 Å². The molecule has 2 aromatic carbocycles. The zero-order valence-electron chi connectivity index (χ0n) is 27.0. The van der Waals surface area contributed by atoms with E-state index >= 15 is 0 Å². The molecule has 0 aliphatic carbocycles. The Morgan fingerprint density at radius 1 is 0.476 bits per heavy atom. The van der Waals surface area contributed by atoms with Crippen LogP contribution < -0.4 is 0 Å². The second kappa shape index (κ2) is 24.4. The van der Waals surface area contributed by atoms with E-state index < -0.39 is 10.1 Å². The van der Waals surface area contributed by atoms with Gasteiger partial charge in [0.15, 0.2) is 0 Å². The van der Waals surface area contributed by atoms with Crippen molar-refractivity contribution in [1.82, 2.24) is 0 Å². The van der Waals surface area contributed by atoms with Crippen molar-refractivity contribution >= 4 is 69.8 Å². The topological polar surface area (TPSA) is 54.4 Å². The van der Waals surface area contributed by atoms with Crippen LogP contribution in [0.3, 0.4) is 0 Å². The van der Waals surface area contributed by atoms with E-state index in [2.05, 4.69) is 26.8 Å². The van der Waals surface area contributed by atoms with Crippen molar-refractivity contribution < 1.29 is 13.0 Å². The first-order valence-corrected chi connectivity index (χ1v) is 18.9. The van der Waals surface area contributed by atoms with Gasteiger partial charge in [-0.25, -0.2) is 0 Å². The second-order valence-electron chi connectivity index (χ2n) is 12.4. The number of hydrogen-bond acceptors (Lipinski definition) is 2. The van der Waals surface area contributed by atoms with Gasteiger partial charge >= 0.3 is 48.9 Å². The fraction of sp³-hybridized carbons (Fsp3) is 0.730. The van der Waals surface area contributed by atoms with E-state index in [0.29, 0.717) is 5.39 Å². The molecule has 0 amide bonds. The molecule has 0 saturated heterocycles. The summed E-state index contributed by atoms with van der Waals surface area (Å²) in [6, 6.07) is 7.95. The maximum atomic E-state index is 13.0. The minimum absolute atomic E-state index is 0. The Bertz CT molecular complexity index is 1080. The molecule has 0 fully saturated rings. The van der Waals surface area contributed by atoms with Gasteiger partial charge < -0.3 is 0 Å². The van der Waals surface area contributed by atoms with Gasteiger partial charge in [0, 0.05) is 5.39 Å². The van der Waals surface area contributed by atoms with Gasteiger partial charge in [-0.05, 0) is 60.6 Å². The summed E-state index contributed by atoms with van der Waals surface area (Å²) in [5.74, 6) is 0. The van der Waals surface area contributed by atoms with Gasteiger partial charge in [-0.2, -0.15) is 8.42 Å². The Balaban J connectivity index is 0.00000882. The summed E-state index contributed by atoms with van der Waals surface area (Å²) < 4.78 is 36.5. The van der Waals surface area contributed by atoms with Crippen LogP contribution in [0.25, 0.3) is 10.8 Å². The van der Waals surface area contributed by atoms with Crippen LogP contribution in [0.5, 0.6) is 0 Å². The Hall–Kier alpha value is 0.181. The Morgan fingerprint density at radius 2 is 0.810 bits per heavy atom. The molecule has 0 spiro atoms. The summed E-state index contributed by atoms with van der Waals surface area (Å²) in [7, 11) is -4.34. The first-order valence-electron chi connectivity index (χ1n) is 17.5. The molecule has 5 heteroatoms. The first-order chi connectivity index (χ1) is 20.0. The number of unbranched alkanes of at least 4 members (excludes halogenated alkanes) is 18. The SMILES string of the molecule is CCCCCCCCCc1c(CCCCCCCCC)c(S(=O)(=O)O)c2ccccc2c1CCCCCCCCC.[BaH2]. The predicted molar refractivity (Wildman–Crippen MR) is 187 cm³/mol. The number of fused-ring (bicyclic) bond motifs is 1. The van der Waals surface area contributed by atoms with Crippen LogP contribution in [-0.4, -0.2) is 61.9 Å². The summed E-state index contributed by atoms with van der Waals surface area (Å²) in [5, 5.41) is 1.75. The van der Waals surface area contributed by atoms with Crippen LogP contribution in [0.4, 0.5) is 0 Å². The molecular weight excluding hydrogens is 662 g/mol. The molecular formula is C37H64BaO3S. The average Bonchev–Trinajstić information content (AvgIpc) is 2.95. The van der Waals surface area contributed by atoms with Gasteiger partial charge in [0.05, 0.1) is 0 Å². The van der Waals surface area contributed by atoms with Gasteiger partial charge in [-0.15, -0.1) is 0 Å². The van der Waals surface area contributed by atoms with E-state index in [1.165, 1.54) is 120 Å². The van der Waals surface area contributed by atoms with Crippen molar-refractivity contribution in [2.45, 2.75) is 180 Å². The van der Waals surface area contributed by atoms with E-state index in [1.54, 1.807) is 0 Å². The fourth-order valence-electron chi connectivity index (χ4n) is 6.51. The van der Waals surface area contributed by atoms with E-state index in [4.69, 9.17) is 0 Å². The fourth-order valence-corrected chi connectivity index (χ4v) is 7.50. The second-order valence-corrected chi connectivity index (χ2v) is 13.8. The van der Waals surface area contributed by atoms with Gasteiger partial charge in [-0.1, -0.05) is 161 Å². The molecule has 2 aromatic rings. The van der Waals surface area contributed by atoms with Crippen LogP contribution in [-0.2, 0) is 29.4 Å². The molecule has 42 heavy (non-hydrogen) atoms. The third kappa shape index (κ3) is 15.0. The van der Waals surface area contributed by atoms with Crippen LogP contribution in [0, 0.1) is 0 Å². The van der Waals surface area contributed by atoms with Crippen LogP contribution in [0.1, 0.15) is 172 Å². The Morgan fingerprint density at radius 3 is 1.21 bits per heavy atom. The van der Waals surface area contributed by atoms with Crippen molar-refractivity contribution in [1.29, 1.82) is 0 Å². The molecule has 0 unspecified atom stereocenters. The third-order valence-corrected chi connectivity index (χ3v) is 9.83. The number of benzene rings is 2. The number of rotatable bonds is 25. The van der Waals surface area contributed by atoms with Crippen LogP contribution in [0.15, 0.2) is 29.2 Å². The molecule has 0 saturated carbocycles. The molecule has 2 rings (SSSR count). The van der Waals surface area contributed by atoms with Gasteiger partial charge in [0.2, 0.25) is 0 Å². The average molecular weight is 726 g/mol. The quantitative estimate of drug-likeness (QED) is 0.0630. The van der Waals surface area contributed by atoms with E-state index in [0.717, 1.165) is 55.9 Å². The number of aryl methyl sites for hydroxylation is 1. The summed E-state index contributed by atoms with van der Waals surface area (Å²) >= 11 is 0. The Labute approximate surface area is 300 Å². The van der Waals surface area contributed by atoms with E-state index in [-0.39, 0.29) is 53.8 Å². The molecule has 0 aliphatic heterocycles. The molecule has 238 valence electrons. The van der Waals surface area contributed by atoms with Crippen molar-refractivity contribution in [2.75, 3.05) is 0 Å². The number of hydrogen-bond donors (Lipinski definition) is 1. The predicted octanol–water partition coefficient (Wildman–Crippen LogP) is 11.0. The molecule has 1 N–H and O–H groups in total. The standard InChI is InChI=1S/C37H62O3S.Ba.2H/c1-4-7-10-13-16-19-22-27-32-33(28-23-20-17-14-11-8-5-2)35(30-24-21-18-15-12-9-6-3)37(41(38,39)40)36-31-26-25-29-34(32)36;;;/h25-26,29,31H,4-24,27-28,30H2,1-3H3,(H,38,39,40);;;. The third-order valence-electron chi connectivity index (χ3n) is 8.85. The summed E-state index contributed by atoms with van der Waals surface area (Å²) in [5.41, 5.74) is 3.51. The maximum absolute atomic E-state index is 13.0. The minimum atomic E-state index is -4.34. The summed E-state index contributed by atoms with van der Waals surface area (Å²) in [6.45, 7) is 6.76. The van der Waals surface area contributed by atoms with Crippen LogP contribution >= 0.6 is 0 Å². The normalized spacial score (nSPS) is 11.7. The summed E-state index contributed by atoms with van der Waals surface area (Å²) in [6.07, 6.45) is 28.6. The van der Waals surface area contributed by atoms with Crippen molar-refractivity contribution in [3.63, 3.8) is 0 Å².